The fourth-order valence-electron chi connectivity index (χ4n) is 4.07. The zero-order valence-corrected chi connectivity index (χ0v) is 21.2. The number of nitrogens with zero attached hydrogens (tertiary/aromatic N) is 2. The Balaban J connectivity index is 1.43. The second kappa shape index (κ2) is 10.9. The summed E-state index contributed by atoms with van der Waals surface area (Å²) in [6, 6.07) is 28.6. The van der Waals surface area contributed by atoms with Crippen LogP contribution in [0.4, 0.5) is 11.4 Å². The van der Waals surface area contributed by atoms with Crippen molar-refractivity contribution in [2.45, 2.75) is 6.92 Å². The second-order valence-corrected chi connectivity index (χ2v) is 8.51. The zero-order valence-electron chi connectivity index (χ0n) is 21.2. The Bertz CT molecular complexity index is 1640. The van der Waals surface area contributed by atoms with E-state index in [2.05, 4.69) is 20.4 Å². The highest BCUT2D eigenvalue weighted by molar-refractivity contribution is 5.77. The van der Waals surface area contributed by atoms with E-state index in [1.165, 1.54) is 0 Å². The molecular formula is C30H26N4O4. The second-order valence-electron chi connectivity index (χ2n) is 8.51. The largest absolute Gasteiger partial charge is 0.497 e. The molecule has 0 aliphatic rings. The highest BCUT2D eigenvalue weighted by Gasteiger charge is 2.17. The summed E-state index contributed by atoms with van der Waals surface area (Å²) < 4.78 is 16.7. The van der Waals surface area contributed by atoms with Crippen LogP contribution in [-0.2, 0) is 0 Å². The fourth-order valence-corrected chi connectivity index (χ4v) is 4.07. The van der Waals surface area contributed by atoms with Crippen molar-refractivity contribution >= 4 is 11.4 Å². The zero-order chi connectivity index (χ0) is 26.5. The molecule has 8 heteroatoms. The minimum Gasteiger partial charge on any atom is -0.497 e. The first kappa shape index (κ1) is 24.6. The molecule has 0 unspecified atom stereocenters. The number of ether oxygens (including phenoxy) is 3. The Morgan fingerprint density at radius 3 is 2.16 bits per heavy atom. The van der Waals surface area contributed by atoms with Crippen molar-refractivity contribution in [2.24, 2.45) is 10.2 Å². The summed E-state index contributed by atoms with van der Waals surface area (Å²) in [5, 5.41) is 14.2. The smallest absolute Gasteiger partial charge is 0.292 e. The summed E-state index contributed by atoms with van der Waals surface area (Å²) in [7, 11) is 3.14. The third-order valence-electron chi connectivity index (χ3n) is 6.06. The van der Waals surface area contributed by atoms with Gasteiger partial charge in [0.1, 0.15) is 23.0 Å². The third-order valence-corrected chi connectivity index (χ3v) is 6.06. The number of aryl methyl sites for hydroxylation is 1. The summed E-state index contributed by atoms with van der Waals surface area (Å²) in [5.74, 6) is 2.72. The molecule has 2 N–H and O–H groups in total. The SMILES string of the molecule is COc1ccc(OC)c(-c2[nH][nH]c(=O)c2N=Nc2ccc(C)c(-c3ccc(Oc4ccccc4)cc3)c2)c1. The number of azo groups is 1. The third kappa shape index (κ3) is 5.19. The number of H-pyrrole nitrogens is 2. The van der Waals surface area contributed by atoms with Gasteiger partial charge in [-0.15, -0.1) is 5.11 Å². The Morgan fingerprint density at radius 1 is 0.684 bits per heavy atom. The van der Waals surface area contributed by atoms with Crippen LogP contribution in [0.25, 0.3) is 22.4 Å². The van der Waals surface area contributed by atoms with E-state index in [4.69, 9.17) is 14.2 Å². The Kier molecular flexibility index (Phi) is 7.04. The van der Waals surface area contributed by atoms with Crippen LogP contribution in [0.15, 0.2) is 106 Å². The van der Waals surface area contributed by atoms with Gasteiger partial charge in [-0.1, -0.05) is 36.4 Å². The Hall–Kier alpha value is -5.11. The lowest BCUT2D eigenvalue weighted by Gasteiger charge is -2.10. The van der Waals surface area contributed by atoms with Gasteiger partial charge >= 0.3 is 0 Å². The van der Waals surface area contributed by atoms with Crippen molar-refractivity contribution in [2.75, 3.05) is 14.2 Å². The number of hydrogen-bond donors (Lipinski definition) is 2. The van der Waals surface area contributed by atoms with Gasteiger partial charge in [0.05, 0.1) is 25.6 Å². The fraction of sp³-hybridized carbons (Fsp3) is 0.100. The van der Waals surface area contributed by atoms with Gasteiger partial charge in [-0.2, -0.15) is 5.11 Å². The molecule has 0 amide bonds. The van der Waals surface area contributed by atoms with E-state index in [1.54, 1.807) is 32.4 Å². The minimum absolute atomic E-state index is 0.140. The summed E-state index contributed by atoms with van der Waals surface area (Å²) in [6.45, 7) is 2.04. The lowest BCUT2D eigenvalue weighted by atomic mass is 10.00. The molecule has 5 rings (SSSR count). The topological polar surface area (TPSA) is 101 Å². The molecule has 5 aromatic rings. The van der Waals surface area contributed by atoms with Gasteiger partial charge in [0.15, 0.2) is 5.69 Å². The number of para-hydroxylation sites is 1. The number of aromatic nitrogens is 2. The average molecular weight is 507 g/mol. The van der Waals surface area contributed by atoms with E-state index in [0.29, 0.717) is 28.4 Å². The first-order valence-electron chi connectivity index (χ1n) is 11.9. The van der Waals surface area contributed by atoms with Crippen LogP contribution in [0.2, 0.25) is 0 Å². The van der Waals surface area contributed by atoms with E-state index in [-0.39, 0.29) is 5.69 Å². The molecular weight excluding hydrogens is 480 g/mol. The van der Waals surface area contributed by atoms with Gasteiger partial charge < -0.3 is 14.2 Å². The molecule has 38 heavy (non-hydrogen) atoms. The van der Waals surface area contributed by atoms with Crippen LogP contribution < -0.4 is 19.8 Å². The summed E-state index contributed by atoms with van der Waals surface area (Å²) >= 11 is 0. The van der Waals surface area contributed by atoms with E-state index < -0.39 is 5.56 Å². The van der Waals surface area contributed by atoms with Gasteiger partial charge in [-0.05, 0) is 78.2 Å². The van der Waals surface area contributed by atoms with Gasteiger partial charge in [0.25, 0.3) is 5.56 Å². The molecule has 0 saturated carbocycles. The Labute approximate surface area is 219 Å². The van der Waals surface area contributed by atoms with E-state index in [9.17, 15) is 4.79 Å². The molecule has 1 aromatic heterocycles. The predicted octanol–water partition coefficient (Wildman–Crippen LogP) is 7.57. The standard InChI is InChI=1S/C30H26N4O4/c1-19-9-12-21(17-25(19)20-10-13-23(14-11-20)38-22-7-5-4-6-8-22)31-33-29-28(32-34-30(29)35)26-18-24(36-2)15-16-27(26)37-3/h4-18H,1-3H3,(H2,32,34,35). The van der Waals surface area contributed by atoms with Crippen molar-refractivity contribution in [3.8, 4) is 45.4 Å². The molecule has 0 atom stereocenters. The predicted molar refractivity (Wildman–Crippen MR) is 147 cm³/mol. The van der Waals surface area contributed by atoms with Crippen LogP contribution in [0.5, 0.6) is 23.0 Å². The maximum Gasteiger partial charge on any atom is 0.292 e. The first-order chi connectivity index (χ1) is 18.6. The van der Waals surface area contributed by atoms with Gasteiger partial charge in [0, 0.05) is 5.56 Å². The molecule has 4 aromatic carbocycles. The quantitative estimate of drug-likeness (QED) is 0.212. The van der Waals surface area contributed by atoms with Crippen LogP contribution in [0, 0.1) is 6.92 Å². The summed E-state index contributed by atoms with van der Waals surface area (Å²) in [6.07, 6.45) is 0. The average Bonchev–Trinajstić information content (AvgIpc) is 3.33. The van der Waals surface area contributed by atoms with E-state index in [0.717, 1.165) is 28.2 Å². The molecule has 0 saturated heterocycles. The Morgan fingerprint density at radius 2 is 1.42 bits per heavy atom. The highest BCUT2D eigenvalue weighted by atomic mass is 16.5. The molecule has 0 spiro atoms. The molecule has 8 nitrogen and oxygen atoms in total. The molecule has 0 aliphatic heterocycles. The van der Waals surface area contributed by atoms with E-state index in [1.807, 2.05) is 79.7 Å². The molecule has 0 fully saturated rings. The van der Waals surface area contributed by atoms with E-state index >= 15 is 0 Å². The maximum absolute atomic E-state index is 12.6. The number of benzene rings is 4. The molecule has 190 valence electrons. The maximum atomic E-state index is 12.6. The summed E-state index contributed by atoms with van der Waals surface area (Å²) in [4.78, 5) is 12.6. The van der Waals surface area contributed by atoms with Crippen molar-refractivity contribution in [1.29, 1.82) is 0 Å². The van der Waals surface area contributed by atoms with Gasteiger partial charge in [0.2, 0.25) is 0 Å². The molecule has 0 bridgehead atoms. The number of aromatic amines is 2. The normalized spacial score (nSPS) is 11.0. The highest BCUT2D eigenvalue weighted by Crippen LogP contribution is 2.37. The summed E-state index contributed by atoms with van der Waals surface area (Å²) in [5.41, 5.74) is 4.54. The van der Waals surface area contributed by atoms with Gasteiger partial charge in [-0.3, -0.25) is 15.0 Å². The number of nitrogens with one attached hydrogen (secondary N) is 2. The van der Waals surface area contributed by atoms with Crippen LogP contribution >= 0.6 is 0 Å². The minimum atomic E-state index is -0.394. The number of rotatable bonds is 8. The number of hydrogen-bond acceptors (Lipinski definition) is 6. The monoisotopic (exact) mass is 506 g/mol. The molecule has 1 heterocycles. The molecule has 0 radical (unpaired) electrons. The van der Waals surface area contributed by atoms with Crippen LogP contribution in [-0.4, -0.2) is 24.4 Å². The van der Waals surface area contributed by atoms with Crippen molar-refractivity contribution in [1.82, 2.24) is 10.2 Å². The van der Waals surface area contributed by atoms with Crippen molar-refractivity contribution < 1.29 is 14.2 Å². The number of methoxy groups -OCH3 is 2. The van der Waals surface area contributed by atoms with Crippen LogP contribution in [0.1, 0.15) is 5.56 Å². The first-order valence-corrected chi connectivity index (χ1v) is 11.9. The van der Waals surface area contributed by atoms with Crippen molar-refractivity contribution in [3.05, 3.63) is 107 Å². The van der Waals surface area contributed by atoms with Crippen LogP contribution in [0.3, 0.4) is 0 Å². The van der Waals surface area contributed by atoms with Gasteiger partial charge in [-0.25, -0.2) is 0 Å². The van der Waals surface area contributed by atoms with Crippen molar-refractivity contribution in [3.63, 3.8) is 0 Å². The lowest BCUT2D eigenvalue weighted by Crippen LogP contribution is -1.96. The molecule has 0 aliphatic carbocycles. The lowest BCUT2D eigenvalue weighted by molar-refractivity contribution is 0.404.